The molecule has 6 heteroatoms. The van der Waals surface area contributed by atoms with E-state index in [9.17, 15) is 14.4 Å². The van der Waals surface area contributed by atoms with Crippen molar-refractivity contribution in [3.63, 3.8) is 0 Å². The van der Waals surface area contributed by atoms with Crippen LogP contribution in [0.25, 0.3) is 0 Å². The zero-order valence-electron chi connectivity index (χ0n) is 17.0. The molecule has 0 fully saturated rings. The van der Waals surface area contributed by atoms with Gasteiger partial charge in [-0.2, -0.15) is 0 Å². The van der Waals surface area contributed by atoms with Gasteiger partial charge < -0.3 is 9.47 Å². The molecule has 1 atom stereocenters. The van der Waals surface area contributed by atoms with Crippen LogP contribution in [-0.2, 0) is 20.9 Å². The van der Waals surface area contributed by atoms with Crippen molar-refractivity contribution in [3.8, 4) is 0 Å². The third-order valence-electron chi connectivity index (χ3n) is 3.85. The van der Waals surface area contributed by atoms with Crippen LogP contribution in [0, 0.1) is 0 Å². The van der Waals surface area contributed by atoms with Crippen LogP contribution >= 0.6 is 0 Å². The number of ketones is 1. The summed E-state index contributed by atoms with van der Waals surface area (Å²) < 4.78 is 10.6. The van der Waals surface area contributed by atoms with E-state index in [-0.39, 0.29) is 12.4 Å². The summed E-state index contributed by atoms with van der Waals surface area (Å²) in [6.45, 7) is 8.55. The van der Waals surface area contributed by atoms with Crippen LogP contribution in [-0.4, -0.2) is 34.5 Å². The number of carbonyl (C=O) groups is 3. The van der Waals surface area contributed by atoms with E-state index in [0.717, 1.165) is 29.7 Å². The van der Waals surface area contributed by atoms with Crippen molar-refractivity contribution < 1.29 is 23.9 Å². The average Bonchev–Trinajstić information content (AvgIpc) is 2.58. The third-order valence-corrected chi connectivity index (χ3v) is 3.85. The molecule has 0 saturated carbocycles. The van der Waals surface area contributed by atoms with Gasteiger partial charge in [-0.25, -0.2) is 14.5 Å². The van der Waals surface area contributed by atoms with Crippen LogP contribution in [0.4, 0.5) is 9.59 Å². The number of unbranched alkanes of at least 4 members (excludes halogenated alkanes) is 2. The van der Waals surface area contributed by atoms with E-state index < -0.39 is 23.8 Å². The zero-order valence-corrected chi connectivity index (χ0v) is 17.0. The largest absolute Gasteiger partial charge is 0.444 e. The lowest BCUT2D eigenvalue weighted by Crippen LogP contribution is -2.50. The number of ether oxygens (including phenoxy) is 2. The maximum atomic E-state index is 12.7. The highest BCUT2D eigenvalue weighted by Crippen LogP contribution is 2.18. The molecule has 0 spiro atoms. The number of hydrogen-bond acceptors (Lipinski definition) is 5. The Morgan fingerprint density at radius 3 is 2.19 bits per heavy atom. The minimum Gasteiger partial charge on any atom is -0.444 e. The van der Waals surface area contributed by atoms with Crippen LogP contribution in [0.3, 0.4) is 0 Å². The first-order valence-corrected chi connectivity index (χ1v) is 9.39. The van der Waals surface area contributed by atoms with E-state index in [4.69, 9.17) is 9.47 Å². The van der Waals surface area contributed by atoms with Crippen molar-refractivity contribution in [2.45, 2.75) is 78.6 Å². The first-order chi connectivity index (χ1) is 12.7. The van der Waals surface area contributed by atoms with E-state index in [2.05, 4.69) is 0 Å². The van der Waals surface area contributed by atoms with Gasteiger partial charge >= 0.3 is 12.2 Å². The number of carbonyl (C=O) groups excluding carboxylic acids is 3. The lowest BCUT2D eigenvalue weighted by Gasteiger charge is -2.30. The van der Waals surface area contributed by atoms with Crippen molar-refractivity contribution in [1.82, 2.24) is 4.90 Å². The monoisotopic (exact) mass is 377 g/mol. The molecule has 1 rings (SSSR count). The Bertz CT molecular complexity index is 621. The average molecular weight is 377 g/mol. The smallest absolute Gasteiger partial charge is 0.420 e. The van der Waals surface area contributed by atoms with Crippen LogP contribution in [0.15, 0.2) is 30.3 Å². The van der Waals surface area contributed by atoms with E-state index in [1.807, 2.05) is 37.3 Å². The molecule has 1 unspecified atom stereocenters. The Balaban J connectivity index is 2.97. The summed E-state index contributed by atoms with van der Waals surface area (Å²) in [7, 11) is 0. The molecule has 27 heavy (non-hydrogen) atoms. The zero-order chi connectivity index (χ0) is 20.4. The minimum absolute atomic E-state index is 0.0125. The second kappa shape index (κ2) is 10.7. The van der Waals surface area contributed by atoms with Crippen molar-refractivity contribution in [2.75, 3.05) is 0 Å². The Morgan fingerprint density at radius 2 is 1.67 bits per heavy atom. The van der Waals surface area contributed by atoms with E-state index in [0.29, 0.717) is 6.42 Å². The standard InChI is InChI=1S/C21H31NO5/c1-6-7-9-14-18(16(2)23)22(20(25)27-21(3,4)5)19(24)26-15-17-12-10-8-11-13-17/h8,10-13,18H,6-7,9,14-15H2,1-5H3. The molecule has 2 amide bonds. The first kappa shape index (κ1) is 22.7. The number of nitrogens with zero attached hydrogens (tertiary/aromatic N) is 1. The van der Waals surface area contributed by atoms with Crippen molar-refractivity contribution in [2.24, 2.45) is 0 Å². The quantitative estimate of drug-likeness (QED) is 0.589. The maximum absolute atomic E-state index is 12.7. The molecule has 0 radical (unpaired) electrons. The van der Waals surface area contributed by atoms with Crippen LogP contribution in [0.2, 0.25) is 0 Å². The van der Waals surface area contributed by atoms with Gasteiger partial charge in [-0.3, -0.25) is 4.79 Å². The topological polar surface area (TPSA) is 72.9 Å². The highest BCUT2D eigenvalue weighted by atomic mass is 16.6. The van der Waals surface area contributed by atoms with Gasteiger partial charge in [0.15, 0.2) is 5.78 Å². The van der Waals surface area contributed by atoms with Crippen LogP contribution in [0.5, 0.6) is 0 Å². The van der Waals surface area contributed by atoms with Gasteiger partial charge in [0.2, 0.25) is 0 Å². The van der Waals surface area contributed by atoms with Crippen LogP contribution < -0.4 is 0 Å². The first-order valence-electron chi connectivity index (χ1n) is 9.39. The van der Waals surface area contributed by atoms with Crippen LogP contribution in [0.1, 0.15) is 65.9 Å². The summed E-state index contributed by atoms with van der Waals surface area (Å²) in [6.07, 6.45) is 1.26. The molecule has 0 aliphatic carbocycles. The molecule has 6 nitrogen and oxygen atoms in total. The number of Topliss-reactive ketones (excluding diaryl/α,β-unsaturated/α-hetero) is 1. The third kappa shape index (κ3) is 8.24. The fraction of sp³-hybridized carbons (Fsp3) is 0.571. The predicted molar refractivity (Wildman–Crippen MR) is 103 cm³/mol. The molecular weight excluding hydrogens is 346 g/mol. The maximum Gasteiger partial charge on any atom is 0.420 e. The summed E-state index contributed by atoms with van der Waals surface area (Å²) in [4.78, 5) is 38.3. The molecule has 0 aliphatic rings. The van der Waals surface area contributed by atoms with Gasteiger partial charge in [0, 0.05) is 0 Å². The highest BCUT2D eigenvalue weighted by Gasteiger charge is 2.37. The highest BCUT2D eigenvalue weighted by molar-refractivity contribution is 5.95. The molecule has 0 aliphatic heterocycles. The molecule has 0 heterocycles. The van der Waals surface area contributed by atoms with E-state index in [1.165, 1.54) is 6.92 Å². The number of imide groups is 1. The summed E-state index contributed by atoms with van der Waals surface area (Å²) in [5, 5.41) is 0. The SMILES string of the molecule is CCCCCC(C(C)=O)N(C(=O)OCc1ccccc1)C(=O)OC(C)(C)C. The molecule has 1 aromatic rings. The van der Waals surface area contributed by atoms with Gasteiger partial charge in [-0.15, -0.1) is 0 Å². The summed E-state index contributed by atoms with van der Waals surface area (Å²) in [5.41, 5.74) is 0.000124. The Hall–Kier alpha value is -2.37. The lowest BCUT2D eigenvalue weighted by molar-refractivity contribution is -0.122. The lowest BCUT2D eigenvalue weighted by atomic mass is 10.0. The summed E-state index contributed by atoms with van der Waals surface area (Å²) in [5.74, 6) is -0.270. The summed E-state index contributed by atoms with van der Waals surface area (Å²) >= 11 is 0. The Kier molecular flexibility index (Phi) is 8.98. The molecule has 0 saturated heterocycles. The Morgan fingerprint density at radius 1 is 1.04 bits per heavy atom. The predicted octanol–water partition coefficient (Wildman–Crippen LogP) is 5.10. The molecule has 0 aromatic heterocycles. The molecule has 0 N–H and O–H groups in total. The fourth-order valence-electron chi connectivity index (χ4n) is 2.53. The van der Waals surface area contributed by atoms with Crippen molar-refractivity contribution in [3.05, 3.63) is 35.9 Å². The van der Waals surface area contributed by atoms with Gasteiger partial charge in [0.1, 0.15) is 18.2 Å². The number of rotatable bonds is 8. The minimum atomic E-state index is -0.894. The molecule has 1 aromatic carbocycles. The molecule has 0 bridgehead atoms. The Labute approximate surface area is 161 Å². The van der Waals surface area contributed by atoms with E-state index >= 15 is 0 Å². The van der Waals surface area contributed by atoms with E-state index in [1.54, 1.807) is 20.8 Å². The van der Waals surface area contributed by atoms with Gasteiger partial charge in [0.05, 0.1) is 0 Å². The number of amides is 2. The fourth-order valence-corrected chi connectivity index (χ4v) is 2.53. The second-order valence-corrected chi connectivity index (χ2v) is 7.51. The van der Waals surface area contributed by atoms with Crippen molar-refractivity contribution in [1.29, 1.82) is 0 Å². The van der Waals surface area contributed by atoms with Gasteiger partial charge in [-0.05, 0) is 39.7 Å². The van der Waals surface area contributed by atoms with Crippen molar-refractivity contribution >= 4 is 18.0 Å². The van der Waals surface area contributed by atoms with Gasteiger partial charge in [-0.1, -0.05) is 56.5 Å². The van der Waals surface area contributed by atoms with Gasteiger partial charge in [0.25, 0.3) is 0 Å². The summed E-state index contributed by atoms with van der Waals surface area (Å²) in [6, 6.07) is 8.26. The second-order valence-electron chi connectivity index (χ2n) is 7.51. The molecule has 150 valence electrons. The number of hydrogen-bond donors (Lipinski definition) is 0. The number of benzene rings is 1. The normalized spacial score (nSPS) is 12.2. The molecular formula is C21H31NO5.